The van der Waals surface area contributed by atoms with Crippen molar-refractivity contribution in [3.05, 3.63) is 136 Å². The molecule has 1 aromatic heterocycles. The highest BCUT2D eigenvalue weighted by molar-refractivity contribution is 6.09. The number of ketones is 1. The van der Waals surface area contributed by atoms with Crippen LogP contribution in [0.4, 0.5) is 0 Å². The van der Waals surface area contributed by atoms with Crippen molar-refractivity contribution in [3.63, 3.8) is 0 Å². The lowest BCUT2D eigenvalue weighted by atomic mass is 10.00. The molecule has 5 rings (SSSR count). The van der Waals surface area contributed by atoms with Crippen LogP contribution in [0.1, 0.15) is 61.5 Å². The number of carbonyl (C=O) groups excluding carboxylic acids is 2. The van der Waals surface area contributed by atoms with Crippen molar-refractivity contribution in [2.75, 3.05) is 13.1 Å². The van der Waals surface area contributed by atoms with E-state index in [4.69, 9.17) is 5.26 Å². The van der Waals surface area contributed by atoms with Gasteiger partial charge in [-0.3, -0.25) is 19.5 Å². The molecule has 6 heteroatoms. The lowest BCUT2D eigenvalue weighted by Crippen LogP contribution is -2.44. The SMILES string of the molecule is N#Cc1ccc(CN2CCC(NC(=O)c3ccc(C(=O)c4ccc(Cc5ccccc5)cc4)cn3)CC2)cc1. The Morgan fingerprint density at radius 1 is 0.821 bits per heavy atom. The lowest BCUT2D eigenvalue weighted by molar-refractivity contribution is 0.0902. The summed E-state index contributed by atoms with van der Waals surface area (Å²) < 4.78 is 0. The van der Waals surface area contributed by atoms with Gasteiger partial charge in [0.1, 0.15) is 5.69 Å². The van der Waals surface area contributed by atoms with Gasteiger partial charge in [-0.25, -0.2) is 0 Å². The first kappa shape index (κ1) is 26.0. The van der Waals surface area contributed by atoms with Gasteiger partial charge in [0.25, 0.3) is 5.91 Å². The molecule has 39 heavy (non-hydrogen) atoms. The molecule has 0 spiro atoms. The largest absolute Gasteiger partial charge is 0.348 e. The van der Waals surface area contributed by atoms with E-state index in [1.807, 2.05) is 66.7 Å². The maximum absolute atomic E-state index is 12.9. The van der Waals surface area contributed by atoms with E-state index in [0.29, 0.717) is 22.4 Å². The van der Waals surface area contributed by atoms with Crippen LogP contribution in [-0.4, -0.2) is 40.7 Å². The van der Waals surface area contributed by atoms with Crippen molar-refractivity contribution in [1.82, 2.24) is 15.2 Å². The minimum absolute atomic E-state index is 0.0900. The Balaban J connectivity index is 1.11. The fourth-order valence-corrected chi connectivity index (χ4v) is 4.87. The summed E-state index contributed by atoms with van der Waals surface area (Å²) in [4.78, 5) is 32.4. The molecule has 1 fully saturated rings. The number of nitrogens with one attached hydrogen (secondary N) is 1. The van der Waals surface area contributed by atoms with Crippen molar-refractivity contribution < 1.29 is 9.59 Å². The van der Waals surface area contributed by atoms with Gasteiger partial charge in [-0.15, -0.1) is 0 Å². The van der Waals surface area contributed by atoms with Gasteiger partial charge in [-0.1, -0.05) is 66.7 Å². The minimum Gasteiger partial charge on any atom is -0.348 e. The first-order valence-corrected chi connectivity index (χ1v) is 13.2. The van der Waals surface area contributed by atoms with Crippen molar-refractivity contribution in [2.24, 2.45) is 0 Å². The monoisotopic (exact) mass is 514 g/mol. The summed E-state index contributed by atoms with van der Waals surface area (Å²) in [7, 11) is 0. The molecule has 0 aliphatic carbocycles. The normalized spacial score (nSPS) is 13.9. The molecule has 1 aliphatic heterocycles. The second-order valence-corrected chi connectivity index (χ2v) is 9.95. The molecule has 4 aromatic rings. The van der Waals surface area contributed by atoms with Gasteiger partial charge in [0.05, 0.1) is 11.6 Å². The molecule has 1 saturated heterocycles. The zero-order valence-electron chi connectivity index (χ0n) is 21.7. The van der Waals surface area contributed by atoms with Crippen LogP contribution in [0, 0.1) is 11.3 Å². The number of amides is 1. The van der Waals surface area contributed by atoms with Gasteiger partial charge >= 0.3 is 0 Å². The number of benzene rings is 3. The smallest absolute Gasteiger partial charge is 0.270 e. The molecule has 3 aromatic carbocycles. The number of nitriles is 1. The number of likely N-dealkylation sites (tertiary alicyclic amines) is 1. The van der Waals surface area contributed by atoms with E-state index < -0.39 is 0 Å². The third-order valence-corrected chi connectivity index (χ3v) is 7.14. The first-order chi connectivity index (χ1) is 19.1. The average Bonchev–Trinajstić information content (AvgIpc) is 2.99. The number of piperidine rings is 1. The second kappa shape index (κ2) is 12.3. The number of nitrogens with zero attached hydrogens (tertiary/aromatic N) is 3. The number of pyridine rings is 1. The molecule has 194 valence electrons. The molecular formula is C33H30N4O2. The summed E-state index contributed by atoms with van der Waals surface area (Å²) in [5, 5.41) is 12.0. The Morgan fingerprint density at radius 3 is 2.10 bits per heavy atom. The average molecular weight is 515 g/mol. The molecular weight excluding hydrogens is 484 g/mol. The third-order valence-electron chi connectivity index (χ3n) is 7.14. The zero-order valence-corrected chi connectivity index (χ0v) is 21.7. The van der Waals surface area contributed by atoms with Crippen molar-refractivity contribution in [3.8, 4) is 6.07 Å². The van der Waals surface area contributed by atoms with E-state index in [-0.39, 0.29) is 17.7 Å². The Labute approximate surface area is 228 Å². The van der Waals surface area contributed by atoms with Gasteiger partial charge in [-0.05, 0) is 60.2 Å². The predicted octanol–water partition coefficient (Wildman–Crippen LogP) is 5.17. The number of aromatic nitrogens is 1. The van der Waals surface area contributed by atoms with Crippen LogP contribution < -0.4 is 5.32 Å². The third kappa shape index (κ3) is 6.84. The highest BCUT2D eigenvalue weighted by Crippen LogP contribution is 2.16. The molecule has 1 aliphatic rings. The molecule has 0 atom stereocenters. The Hall–Kier alpha value is -4.60. The van der Waals surface area contributed by atoms with Crippen LogP contribution >= 0.6 is 0 Å². The molecule has 6 nitrogen and oxygen atoms in total. The highest BCUT2D eigenvalue weighted by atomic mass is 16.2. The lowest BCUT2D eigenvalue weighted by Gasteiger charge is -2.32. The standard InChI is InChI=1S/C33H30N4O2/c34-21-26-6-8-27(9-7-26)23-37-18-16-30(17-19-37)36-33(39)31-15-14-29(22-35-31)32(38)28-12-10-25(11-13-28)20-24-4-2-1-3-5-24/h1-15,22,30H,16-20,23H2,(H,36,39). The maximum atomic E-state index is 12.9. The number of hydrogen-bond acceptors (Lipinski definition) is 5. The number of hydrogen-bond donors (Lipinski definition) is 1. The summed E-state index contributed by atoms with van der Waals surface area (Å²) >= 11 is 0. The van der Waals surface area contributed by atoms with Crippen LogP contribution in [0.25, 0.3) is 0 Å². The number of carbonyl (C=O) groups is 2. The molecule has 0 saturated carbocycles. The zero-order chi connectivity index (χ0) is 27.0. The number of rotatable bonds is 8. The summed E-state index contributed by atoms with van der Waals surface area (Å²) in [5.74, 6) is -0.333. The minimum atomic E-state index is -0.218. The van der Waals surface area contributed by atoms with Crippen molar-refractivity contribution >= 4 is 11.7 Å². The molecule has 1 N–H and O–H groups in total. The summed E-state index contributed by atoms with van der Waals surface area (Å²) in [5.41, 5.74) is 5.57. The topological polar surface area (TPSA) is 86.1 Å². The summed E-state index contributed by atoms with van der Waals surface area (Å²) in [6.07, 6.45) is 4.02. The fraction of sp³-hybridized carbons (Fsp3) is 0.212. The maximum Gasteiger partial charge on any atom is 0.270 e. The second-order valence-electron chi connectivity index (χ2n) is 9.95. The molecule has 0 unspecified atom stereocenters. The van der Waals surface area contributed by atoms with Crippen LogP contribution in [0.3, 0.4) is 0 Å². The molecule has 2 heterocycles. The van der Waals surface area contributed by atoms with E-state index >= 15 is 0 Å². The van der Waals surface area contributed by atoms with Gasteiger partial charge < -0.3 is 5.32 Å². The molecule has 1 amide bonds. The van der Waals surface area contributed by atoms with Crippen LogP contribution in [0.2, 0.25) is 0 Å². The fourth-order valence-electron chi connectivity index (χ4n) is 4.87. The van der Waals surface area contributed by atoms with Gasteiger partial charge in [-0.2, -0.15) is 5.26 Å². The molecule has 0 bridgehead atoms. The van der Waals surface area contributed by atoms with E-state index in [0.717, 1.165) is 44.5 Å². The van der Waals surface area contributed by atoms with Crippen LogP contribution in [0.15, 0.2) is 97.2 Å². The Bertz CT molecular complexity index is 1450. The van der Waals surface area contributed by atoms with Gasteiger partial charge in [0, 0.05) is 43.0 Å². The Kier molecular flexibility index (Phi) is 8.20. The molecule has 0 radical (unpaired) electrons. The highest BCUT2D eigenvalue weighted by Gasteiger charge is 2.22. The summed E-state index contributed by atoms with van der Waals surface area (Å²) in [6.45, 7) is 2.60. The van der Waals surface area contributed by atoms with E-state index in [1.54, 1.807) is 12.1 Å². The van der Waals surface area contributed by atoms with Gasteiger partial charge in [0.15, 0.2) is 5.78 Å². The van der Waals surface area contributed by atoms with Crippen LogP contribution in [0.5, 0.6) is 0 Å². The summed E-state index contributed by atoms with van der Waals surface area (Å²) in [6, 6.07) is 31.1. The van der Waals surface area contributed by atoms with Crippen molar-refractivity contribution in [2.45, 2.75) is 31.8 Å². The van der Waals surface area contributed by atoms with E-state index in [9.17, 15) is 9.59 Å². The van der Waals surface area contributed by atoms with Crippen LogP contribution in [-0.2, 0) is 13.0 Å². The van der Waals surface area contributed by atoms with E-state index in [2.05, 4.69) is 33.4 Å². The van der Waals surface area contributed by atoms with E-state index in [1.165, 1.54) is 17.3 Å². The quantitative estimate of drug-likeness (QED) is 0.328. The predicted molar refractivity (Wildman–Crippen MR) is 150 cm³/mol. The van der Waals surface area contributed by atoms with Crippen molar-refractivity contribution in [1.29, 1.82) is 5.26 Å². The first-order valence-electron chi connectivity index (χ1n) is 13.2. The Morgan fingerprint density at radius 2 is 1.46 bits per heavy atom. The van der Waals surface area contributed by atoms with Gasteiger partial charge in [0.2, 0.25) is 0 Å².